The van der Waals surface area contributed by atoms with Gasteiger partial charge in [0.2, 0.25) is 17.7 Å². The lowest BCUT2D eigenvalue weighted by Crippen LogP contribution is -2.57. The van der Waals surface area contributed by atoms with Crippen LogP contribution < -0.4 is 4.90 Å². The normalized spacial score (nSPS) is 26.0. The predicted octanol–water partition coefficient (Wildman–Crippen LogP) is 4.51. The zero-order chi connectivity index (χ0) is 33.1. The van der Waals surface area contributed by atoms with Crippen LogP contribution in [-0.4, -0.2) is 89.9 Å². The van der Waals surface area contributed by atoms with Crippen molar-refractivity contribution in [2.45, 2.75) is 61.7 Å². The minimum Gasteiger partial charge on any atom is -0.396 e. The highest BCUT2D eigenvalue weighted by Crippen LogP contribution is 2.69. The Labute approximate surface area is 280 Å². The molecule has 0 saturated carbocycles. The molecular formula is C36H44N6O4S. The third kappa shape index (κ3) is 5.77. The number of aromatic nitrogens is 3. The number of hydrogen-bond donors (Lipinski definition) is 1. The molecule has 10 nitrogen and oxygen atoms in total. The quantitative estimate of drug-likeness (QED) is 0.189. The second-order valence-corrected chi connectivity index (χ2v) is 14.4. The van der Waals surface area contributed by atoms with Crippen LogP contribution in [0.5, 0.6) is 0 Å². The number of fused-ring (bicyclic) bond motifs is 2. The maximum Gasteiger partial charge on any atom is 0.248 e. The summed E-state index contributed by atoms with van der Waals surface area (Å²) < 4.78 is 0.967. The molecule has 3 saturated heterocycles. The summed E-state index contributed by atoms with van der Waals surface area (Å²) in [5, 5.41) is 17.8. The Bertz CT molecular complexity index is 1630. The van der Waals surface area contributed by atoms with E-state index in [-0.39, 0.29) is 48.7 Å². The number of rotatable bonds is 15. The number of nitrogens with zero attached hydrogens (tertiary/aromatic N) is 6. The predicted molar refractivity (Wildman–Crippen MR) is 184 cm³/mol. The van der Waals surface area contributed by atoms with Gasteiger partial charge in [-0.15, -0.1) is 30.0 Å². The van der Waals surface area contributed by atoms with Gasteiger partial charge in [0.05, 0.1) is 22.1 Å². The maximum atomic E-state index is 15.0. The fourth-order valence-electron chi connectivity index (χ4n) is 8.04. The molecule has 1 spiro atoms. The van der Waals surface area contributed by atoms with Gasteiger partial charge in [-0.2, -0.15) is 0 Å². The highest BCUT2D eigenvalue weighted by molar-refractivity contribution is 8.02. The van der Waals surface area contributed by atoms with E-state index in [0.29, 0.717) is 25.9 Å². The molecule has 6 atom stereocenters. The first-order valence-electron chi connectivity index (χ1n) is 16.6. The van der Waals surface area contributed by atoms with E-state index in [9.17, 15) is 19.5 Å². The minimum absolute atomic E-state index is 0.0474. The van der Waals surface area contributed by atoms with Crippen molar-refractivity contribution in [2.24, 2.45) is 17.8 Å². The van der Waals surface area contributed by atoms with Gasteiger partial charge in [-0.05, 0) is 49.4 Å². The molecule has 2 bridgehead atoms. The lowest BCUT2D eigenvalue weighted by Gasteiger charge is -2.41. The summed E-state index contributed by atoms with van der Waals surface area (Å²) in [6.07, 6.45) is 7.25. The van der Waals surface area contributed by atoms with Crippen LogP contribution in [0.2, 0.25) is 0 Å². The standard InChI is InChI=1S/C36H44N6O4S/c1-4-19-39(24-42-28-18-12-11-17-27(28)37-38-42)35(46)32-36-25(3)23-29(47-36)30(31(36)34(45)41(32)21-13-6-7-14-22-43)33(44)40(20-5-2)26-15-9-8-10-16-26/h4-5,8-12,15-18,25,29-32,43H,1-2,6-7,13-14,19-24H2,3H3/t25?,29-,30+,31+,32?,36?/m1/s1. The van der Waals surface area contributed by atoms with E-state index in [2.05, 4.69) is 30.4 Å². The summed E-state index contributed by atoms with van der Waals surface area (Å²) in [5.74, 6) is -1.48. The molecule has 2 aromatic carbocycles. The van der Waals surface area contributed by atoms with Crippen LogP contribution in [0.1, 0.15) is 39.0 Å². The number of hydrogen-bond acceptors (Lipinski definition) is 7. The van der Waals surface area contributed by atoms with Gasteiger partial charge in [-0.25, -0.2) is 4.68 Å². The molecular weight excluding hydrogens is 613 g/mol. The van der Waals surface area contributed by atoms with Crippen molar-refractivity contribution in [3.63, 3.8) is 0 Å². The topological polar surface area (TPSA) is 112 Å². The van der Waals surface area contributed by atoms with Crippen LogP contribution in [0.3, 0.4) is 0 Å². The third-order valence-corrected chi connectivity index (χ3v) is 12.2. The molecule has 6 rings (SSSR count). The van der Waals surface area contributed by atoms with Crippen molar-refractivity contribution < 1.29 is 19.5 Å². The Morgan fingerprint density at radius 1 is 1.02 bits per heavy atom. The molecule has 1 aromatic heterocycles. The zero-order valence-corrected chi connectivity index (χ0v) is 27.8. The number of likely N-dealkylation sites (tertiary alicyclic amines) is 1. The molecule has 0 aliphatic carbocycles. The molecule has 3 amide bonds. The third-order valence-electron chi connectivity index (χ3n) is 10.1. The van der Waals surface area contributed by atoms with Gasteiger partial charge in [0.1, 0.15) is 18.2 Å². The van der Waals surface area contributed by atoms with Crippen LogP contribution in [0, 0.1) is 17.8 Å². The number of carbonyl (C=O) groups excluding carboxylic acids is 3. The fourth-order valence-corrected chi connectivity index (χ4v) is 10.4. The van der Waals surface area contributed by atoms with Crippen LogP contribution in [0.25, 0.3) is 11.0 Å². The highest BCUT2D eigenvalue weighted by Gasteiger charge is 2.76. The van der Waals surface area contributed by atoms with E-state index in [1.807, 2.05) is 54.6 Å². The molecule has 3 aromatic rings. The monoisotopic (exact) mass is 656 g/mol. The number of thioether (sulfide) groups is 1. The summed E-state index contributed by atoms with van der Waals surface area (Å²) in [4.78, 5) is 49.5. The highest BCUT2D eigenvalue weighted by atomic mass is 32.2. The summed E-state index contributed by atoms with van der Waals surface area (Å²) >= 11 is 1.69. The first kappa shape index (κ1) is 33.0. The zero-order valence-electron chi connectivity index (χ0n) is 27.0. The molecule has 3 fully saturated rings. The number of carbonyl (C=O) groups is 3. The molecule has 11 heteroatoms. The van der Waals surface area contributed by atoms with E-state index in [0.717, 1.165) is 36.0 Å². The Kier molecular flexibility index (Phi) is 9.84. The van der Waals surface area contributed by atoms with Crippen molar-refractivity contribution in [1.29, 1.82) is 0 Å². The Morgan fingerprint density at radius 2 is 1.74 bits per heavy atom. The van der Waals surface area contributed by atoms with Crippen LogP contribution in [-0.2, 0) is 21.1 Å². The largest absolute Gasteiger partial charge is 0.396 e. The number of aliphatic hydroxyl groups is 1. The van der Waals surface area contributed by atoms with Gasteiger partial charge < -0.3 is 19.8 Å². The Morgan fingerprint density at radius 3 is 2.49 bits per heavy atom. The van der Waals surface area contributed by atoms with Gasteiger partial charge in [0, 0.05) is 37.2 Å². The van der Waals surface area contributed by atoms with Crippen molar-refractivity contribution in [2.75, 3.05) is 31.1 Å². The molecule has 3 aliphatic rings. The molecule has 1 N–H and O–H groups in total. The smallest absolute Gasteiger partial charge is 0.248 e. The van der Waals surface area contributed by atoms with Gasteiger partial charge in [0.15, 0.2) is 0 Å². The summed E-state index contributed by atoms with van der Waals surface area (Å²) in [5.41, 5.74) is 2.32. The van der Waals surface area contributed by atoms with Crippen molar-refractivity contribution in [1.82, 2.24) is 24.8 Å². The molecule has 4 heterocycles. The lowest BCUT2D eigenvalue weighted by molar-refractivity contribution is -0.143. The van der Waals surface area contributed by atoms with Crippen molar-refractivity contribution in [3.05, 3.63) is 79.9 Å². The summed E-state index contributed by atoms with van der Waals surface area (Å²) in [7, 11) is 0. The van der Waals surface area contributed by atoms with Gasteiger partial charge in [-0.3, -0.25) is 14.4 Å². The average molecular weight is 657 g/mol. The van der Waals surface area contributed by atoms with Crippen LogP contribution >= 0.6 is 11.8 Å². The summed E-state index contributed by atoms with van der Waals surface area (Å²) in [6, 6.07) is 16.4. The molecule has 0 radical (unpaired) electrons. The van der Waals surface area contributed by atoms with Crippen molar-refractivity contribution >= 4 is 46.2 Å². The van der Waals surface area contributed by atoms with E-state index in [1.54, 1.807) is 43.3 Å². The van der Waals surface area contributed by atoms with E-state index >= 15 is 0 Å². The van der Waals surface area contributed by atoms with E-state index in [1.165, 1.54) is 0 Å². The molecule has 248 valence electrons. The SMILES string of the molecule is C=CCN(Cn1nnc2ccccc21)C(=O)C1N(CCCCCCO)C(=O)[C@@H]2[C@@H](C(=O)N(CC=C)c3ccccc3)[C@H]3CC(C)C12S3. The Hall–Kier alpha value is -3.96. The number of amides is 3. The molecule has 47 heavy (non-hydrogen) atoms. The van der Waals surface area contributed by atoms with Gasteiger partial charge >= 0.3 is 0 Å². The second-order valence-electron chi connectivity index (χ2n) is 12.9. The first-order valence-corrected chi connectivity index (χ1v) is 17.5. The van der Waals surface area contributed by atoms with Gasteiger partial charge in [0.25, 0.3) is 0 Å². The van der Waals surface area contributed by atoms with Crippen molar-refractivity contribution in [3.8, 4) is 0 Å². The average Bonchev–Trinajstić information content (AvgIpc) is 3.80. The van der Waals surface area contributed by atoms with Crippen LogP contribution in [0.15, 0.2) is 79.9 Å². The minimum atomic E-state index is -0.745. The van der Waals surface area contributed by atoms with E-state index in [4.69, 9.17) is 0 Å². The Balaban J connectivity index is 1.37. The number of benzene rings is 2. The lowest BCUT2D eigenvalue weighted by atomic mass is 9.65. The summed E-state index contributed by atoms with van der Waals surface area (Å²) in [6.45, 7) is 11.3. The number of anilines is 1. The molecule has 3 unspecified atom stereocenters. The second kappa shape index (κ2) is 14.0. The van der Waals surface area contributed by atoms with Crippen LogP contribution in [0.4, 0.5) is 5.69 Å². The number of unbranched alkanes of at least 4 members (excludes halogenated alkanes) is 3. The maximum absolute atomic E-state index is 15.0. The molecule has 3 aliphatic heterocycles. The number of aliphatic hydroxyl groups excluding tert-OH is 1. The fraction of sp³-hybridized carbons (Fsp3) is 0.472. The number of para-hydroxylation sites is 2. The van der Waals surface area contributed by atoms with Gasteiger partial charge in [-0.1, -0.05) is 67.5 Å². The first-order chi connectivity index (χ1) is 22.9. The van der Waals surface area contributed by atoms with E-state index < -0.39 is 22.6 Å².